The molecule has 2 heterocycles. The first-order valence-electron chi connectivity index (χ1n) is 10.5. The average molecular weight is 414 g/mol. The van der Waals surface area contributed by atoms with Crippen LogP contribution in [0.1, 0.15) is 62.5 Å². The molecule has 1 atom stereocenters. The molecule has 0 unspecified atom stereocenters. The number of thiazole rings is 1. The monoisotopic (exact) mass is 413 g/mol. The maximum absolute atomic E-state index is 13.0. The zero-order chi connectivity index (χ0) is 21.0. The zero-order valence-corrected chi connectivity index (χ0v) is 18.6. The molecule has 1 saturated heterocycles. The van der Waals surface area contributed by atoms with E-state index in [2.05, 4.69) is 62.3 Å². The normalized spacial score (nSPS) is 17.0. The number of nitrogens with zero attached hydrogens (tertiary/aromatic N) is 2. The summed E-state index contributed by atoms with van der Waals surface area (Å²) in [4.78, 5) is 31.7. The predicted molar refractivity (Wildman–Crippen MR) is 118 cm³/mol. The Balaban J connectivity index is 1.65. The summed E-state index contributed by atoms with van der Waals surface area (Å²) in [7, 11) is 0. The van der Waals surface area contributed by atoms with Gasteiger partial charge in [-0.1, -0.05) is 52.0 Å². The zero-order valence-electron chi connectivity index (χ0n) is 17.8. The summed E-state index contributed by atoms with van der Waals surface area (Å²) in [6.45, 7) is 10.3. The van der Waals surface area contributed by atoms with Crippen molar-refractivity contribution in [1.82, 2.24) is 15.2 Å². The molecule has 156 valence electrons. The summed E-state index contributed by atoms with van der Waals surface area (Å²) in [6, 6.07) is 8.37. The Morgan fingerprint density at radius 2 is 1.93 bits per heavy atom. The minimum absolute atomic E-state index is 0.0559. The number of amides is 2. The van der Waals surface area contributed by atoms with Crippen molar-refractivity contribution in [2.45, 2.75) is 46.5 Å². The molecule has 5 nitrogen and oxygen atoms in total. The third-order valence-corrected chi connectivity index (χ3v) is 6.20. The number of carbonyl (C=O) groups excluding carboxylic acids is 2. The molecule has 0 spiro atoms. The molecule has 2 aromatic rings. The van der Waals surface area contributed by atoms with Crippen molar-refractivity contribution in [2.24, 2.45) is 11.8 Å². The Kier molecular flexibility index (Phi) is 7.06. The summed E-state index contributed by atoms with van der Waals surface area (Å²) >= 11 is 1.49. The second-order valence-corrected chi connectivity index (χ2v) is 9.40. The van der Waals surface area contributed by atoms with Gasteiger partial charge < -0.3 is 10.2 Å². The smallest absolute Gasteiger partial charge is 0.273 e. The van der Waals surface area contributed by atoms with Crippen LogP contribution in [0.5, 0.6) is 0 Å². The van der Waals surface area contributed by atoms with E-state index in [1.165, 1.54) is 16.9 Å². The fourth-order valence-corrected chi connectivity index (χ4v) is 4.30. The Hall–Kier alpha value is -2.21. The number of likely N-dealkylation sites (tertiary alicyclic amines) is 1. The molecule has 29 heavy (non-hydrogen) atoms. The van der Waals surface area contributed by atoms with Crippen LogP contribution in [0, 0.1) is 11.8 Å². The third kappa shape index (κ3) is 5.44. The largest absolute Gasteiger partial charge is 0.356 e. The van der Waals surface area contributed by atoms with E-state index in [-0.39, 0.29) is 17.7 Å². The van der Waals surface area contributed by atoms with Crippen LogP contribution in [0.15, 0.2) is 29.6 Å². The highest BCUT2D eigenvalue weighted by Crippen LogP contribution is 2.27. The van der Waals surface area contributed by atoms with Gasteiger partial charge in [0.2, 0.25) is 5.91 Å². The number of aromatic nitrogens is 1. The topological polar surface area (TPSA) is 62.3 Å². The fourth-order valence-electron chi connectivity index (χ4n) is 3.50. The van der Waals surface area contributed by atoms with Crippen molar-refractivity contribution < 1.29 is 9.59 Å². The molecule has 6 heteroatoms. The van der Waals surface area contributed by atoms with Crippen LogP contribution in [0.3, 0.4) is 0 Å². The van der Waals surface area contributed by atoms with Gasteiger partial charge in [0, 0.05) is 30.6 Å². The molecule has 3 rings (SSSR count). The number of carbonyl (C=O) groups is 2. The van der Waals surface area contributed by atoms with E-state index in [4.69, 9.17) is 0 Å². The van der Waals surface area contributed by atoms with E-state index in [0.717, 1.165) is 23.4 Å². The van der Waals surface area contributed by atoms with Crippen molar-refractivity contribution >= 4 is 23.2 Å². The maximum atomic E-state index is 13.0. The van der Waals surface area contributed by atoms with Crippen LogP contribution in [0.25, 0.3) is 10.6 Å². The van der Waals surface area contributed by atoms with Crippen molar-refractivity contribution in [1.29, 1.82) is 0 Å². The molecular formula is C23H31N3O2S. The summed E-state index contributed by atoms with van der Waals surface area (Å²) < 4.78 is 0. The van der Waals surface area contributed by atoms with Gasteiger partial charge in [-0.15, -0.1) is 11.3 Å². The van der Waals surface area contributed by atoms with E-state index in [1.54, 1.807) is 4.90 Å². The van der Waals surface area contributed by atoms with Gasteiger partial charge in [-0.05, 0) is 30.2 Å². The van der Waals surface area contributed by atoms with Crippen molar-refractivity contribution in [3.8, 4) is 10.6 Å². The van der Waals surface area contributed by atoms with E-state index >= 15 is 0 Å². The average Bonchev–Trinajstić information content (AvgIpc) is 3.21. The van der Waals surface area contributed by atoms with Gasteiger partial charge in [0.05, 0.1) is 5.92 Å². The fraction of sp³-hybridized carbons (Fsp3) is 0.522. The first-order valence-corrected chi connectivity index (χ1v) is 11.4. The Morgan fingerprint density at radius 1 is 1.21 bits per heavy atom. The molecule has 1 fully saturated rings. The molecule has 1 aromatic carbocycles. The second-order valence-electron chi connectivity index (χ2n) is 8.54. The van der Waals surface area contributed by atoms with Gasteiger partial charge >= 0.3 is 0 Å². The SMILES string of the molecule is CC(C)CNC(=O)[C@H]1CCCN(C(=O)c2csc(-c3ccc(C(C)C)cc3)n2)C1. The van der Waals surface area contributed by atoms with Gasteiger partial charge in [-0.3, -0.25) is 9.59 Å². The predicted octanol–water partition coefficient (Wildman–Crippen LogP) is 4.56. The van der Waals surface area contributed by atoms with Crippen LogP contribution < -0.4 is 5.32 Å². The van der Waals surface area contributed by atoms with Crippen LogP contribution in [-0.2, 0) is 4.79 Å². The van der Waals surface area contributed by atoms with Gasteiger partial charge in [-0.25, -0.2) is 4.98 Å². The Labute approximate surface area is 177 Å². The number of piperidine rings is 1. The van der Waals surface area contributed by atoms with Gasteiger partial charge in [0.25, 0.3) is 5.91 Å². The molecule has 0 saturated carbocycles. The van der Waals surface area contributed by atoms with Crippen LogP contribution in [0.2, 0.25) is 0 Å². The highest BCUT2D eigenvalue weighted by atomic mass is 32.1. The first-order chi connectivity index (χ1) is 13.8. The number of nitrogens with one attached hydrogen (secondary N) is 1. The maximum Gasteiger partial charge on any atom is 0.273 e. The van der Waals surface area contributed by atoms with E-state index < -0.39 is 0 Å². The summed E-state index contributed by atoms with van der Waals surface area (Å²) in [5, 5.41) is 5.68. The van der Waals surface area contributed by atoms with E-state index in [0.29, 0.717) is 37.2 Å². The quantitative estimate of drug-likeness (QED) is 0.755. The highest BCUT2D eigenvalue weighted by Gasteiger charge is 2.29. The summed E-state index contributed by atoms with van der Waals surface area (Å²) in [5.41, 5.74) is 2.79. The number of benzene rings is 1. The van der Waals surface area contributed by atoms with E-state index in [1.807, 2.05) is 5.38 Å². The molecule has 1 aliphatic rings. The molecule has 1 N–H and O–H groups in total. The highest BCUT2D eigenvalue weighted by molar-refractivity contribution is 7.13. The Bertz CT molecular complexity index is 842. The number of hydrogen-bond donors (Lipinski definition) is 1. The van der Waals surface area contributed by atoms with Crippen molar-refractivity contribution in [2.75, 3.05) is 19.6 Å². The summed E-state index contributed by atoms with van der Waals surface area (Å²) in [6.07, 6.45) is 1.68. The first kappa shape index (κ1) is 21.5. The van der Waals surface area contributed by atoms with Crippen molar-refractivity contribution in [3.63, 3.8) is 0 Å². The minimum atomic E-state index is -0.131. The number of hydrogen-bond acceptors (Lipinski definition) is 4. The lowest BCUT2D eigenvalue weighted by molar-refractivity contribution is -0.126. The lowest BCUT2D eigenvalue weighted by atomic mass is 9.96. The van der Waals surface area contributed by atoms with Crippen molar-refractivity contribution in [3.05, 3.63) is 40.9 Å². The summed E-state index contributed by atoms with van der Waals surface area (Å²) in [5.74, 6) is 0.756. The lowest BCUT2D eigenvalue weighted by Gasteiger charge is -2.31. The molecule has 0 aliphatic carbocycles. The molecule has 1 aliphatic heterocycles. The van der Waals surface area contributed by atoms with Crippen LogP contribution >= 0.6 is 11.3 Å². The molecular weight excluding hydrogens is 382 g/mol. The Morgan fingerprint density at radius 3 is 2.59 bits per heavy atom. The molecule has 2 amide bonds. The van der Waals surface area contributed by atoms with Crippen LogP contribution in [0.4, 0.5) is 0 Å². The third-order valence-electron chi connectivity index (χ3n) is 5.31. The molecule has 0 bridgehead atoms. The molecule has 0 radical (unpaired) electrons. The van der Waals surface area contributed by atoms with E-state index in [9.17, 15) is 9.59 Å². The number of rotatable bonds is 6. The van der Waals surface area contributed by atoms with Gasteiger partial charge in [-0.2, -0.15) is 0 Å². The minimum Gasteiger partial charge on any atom is -0.356 e. The van der Waals surface area contributed by atoms with Gasteiger partial charge in [0.15, 0.2) is 0 Å². The van der Waals surface area contributed by atoms with Crippen LogP contribution in [-0.4, -0.2) is 41.3 Å². The standard InChI is InChI=1S/C23H31N3O2S/c1-15(2)12-24-21(27)19-6-5-11-26(13-19)23(28)20-14-29-22(25-20)18-9-7-17(8-10-18)16(3)4/h7-10,14-16,19H,5-6,11-13H2,1-4H3,(H,24,27)/t19-/m0/s1. The van der Waals surface area contributed by atoms with Gasteiger partial charge in [0.1, 0.15) is 10.7 Å². The molecule has 1 aromatic heterocycles. The second kappa shape index (κ2) is 9.53. The lowest BCUT2D eigenvalue weighted by Crippen LogP contribution is -2.46.